The van der Waals surface area contributed by atoms with Crippen molar-refractivity contribution >= 4 is 39.6 Å². The summed E-state index contributed by atoms with van der Waals surface area (Å²) in [4.78, 5) is 30.8. The number of imidazole rings is 1. The lowest BCUT2D eigenvalue weighted by Crippen LogP contribution is -2.51. The lowest BCUT2D eigenvalue weighted by Gasteiger charge is -2.36. The Bertz CT molecular complexity index is 1310. The molecule has 0 radical (unpaired) electrons. The van der Waals surface area contributed by atoms with Crippen molar-refractivity contribution in [3.05, 3.63) is 57.9 Å². The summed E-state index contributed by atoms with van der Waals surface area (Å²) in [5, 5.41) is 9.30. The first-order chi connectivity index (χ1) is 15.3. The molecule has 0 saturated carbocycles. The Hall–Kier alpha value is -3.05. The van der Waals surface area contributed by atoms with Crippen molar-refractivity contribution < 1.29 is 27.9 Å². The van der Waals surface area contributed by atoms with Crippen LogP contribution in [0.4, 0.5) is 0 Å². The minimum atomic E-state index is -3.42. The highest BCUT2D eigenvalue weighted by Gasteiger charge is 2.52. The maximum absolute atomic E-state index is 12.8. The third-order valence-corrected chi connectivity index (χ3v) is 8.62. The Kier molecular flexibility index (Phi) is 4.90. The van der Waals surface area contributed by atoms with Crippen LogP contribution in [-0.2, 0) is 32.4 Å². The van der Waals surface area contributed by atoms with E-state index in [9.17, 15) is 23.1 Å². The molecule has 1 aromatic carbocycles. The molecule has 1 aromatic heterocycles. The van der Waals surface area contributed by atoms with Gasteiger partial charge < -0.3 is 14.4 Å². The smallest absolute Gasteiger partial charge is 0.353 e. The molecule has 1 saturated heterocycles. The van der Waals surface area contributed by atoms with Gasteiger partial charge in [0.05, 0.1) is 24.1 Å². The van der Waals surface area contributed by atoms with Crippen LogP contribution in [0.25, 0.3) is 6.08 Å². The van der Waals surface area contributed by atoms with Crippen molar-refractivity contribution in [3.8, 4) is 5.75 Å². The first-order valence-corrected chi connectivity index (χ1v) is 12.4. The van der Waals surface area contributed by atoms with Crippen molar-refractivity contribution in [1.29, 1.82) is 0 Å². The van der Waals surface area contributed by atoms with Gasteiger partial charge in [-0.05, 0) is 30.2 Å². The fraction of sp³-hybridized carbons (Fsp3) is 0.286. The largest absolute Gasteiger partial charge is 0.497 e. The number of benzene rings is 1. The highest BCUT2D eigenvalue weighted by atomic mass is 32.2. The van der Waals surface area contributed by atoms with Gasteiger partial charge in [0.25, 0.3) is 5.91 Å². The van der Waals surface area contributed by atoms with E-state index in [4.69, 9.17) is 4.74 Å². The van der Waals surface area contributed by atoms with Crippen LogP contribution in [-0.4, -0.2) is 58.1 Å². The van der Waals surface area contributed by atoms with Gasteiger partial charge in [0.2, 0.25) is 15.0 Å². The van der Waals surface area contributed by atoms with E-state index < -0.39 is 27.1 Å². The second kappa shape index (κ2) is 7.52. The zero-order chi connectivity index (χ0) is 22.6. The van der Waals surface area contributed by atoms with Crippen LogP contribution in [0.1, 0.15) is 17.7 Å². The summed E-state index contributed by atoms with van der Waals surface area (Å²) in [6, 6.07) is 7.32. The molecule has 32 heavy (non-hydrogen) atoms. The lowest BCUT2D eigenvalue weighted by atomic mass is 10.0. The Morgan fingerprint density at radius 1 is 1.34 bits per heavy atom. The summed E-state index contributed by atoms with van der Waals surface area (Å²) in [7, 11) is -1.85. The molecule has 1 amide bonds. The number of rotatable bonds is 5. The first-order valence-electron chi connectivity index (χ1n) is 9.89. The van der Waals surface area contributed by atoms with Gasteiger partial charge in [0.1, 0.15) is 16.8 Å². The molecule has 0 aliphatic carbocycles. The van der Waals surface area contributed by atoms with E-state index in [2.05, 4.69) is 4.98 Å². The van der Waals surface area contributed by atoms with Crippen LogP contribution in [0.5, 0.6) is 5.75 Å². The SMILES string of the molecule is COc1ccc(CC2=C(C(=O)O)N3C(=O)C(=Cc4cn5c(n4)S(=O)(=O)CCC5)[C@H]3S2)cc1. The average molecular weight is 474 g/mol. The number of methoxy groups -OCH3 is 1. The molecule has 0 unspecified atom stereocenters. The number of carboxylic acids is 1. The second-order valence-electron chi connectivity index (χ2n) is 7.66. The van der Waals surface area contributed by atoms with Crippen LogP contribution >= 0.6 is 11.8 Å². The maximum Gasteiger partial charge on any atom is 0.353 e. The monoisotopic (exact) mass is 473 g/mol. The minimum Gasteiger partial charge on any atom is -0.497 e. The molecule has 3 aliphatic heterocycles. The quantitative estimate of drug-likeness (QED) is 0.517. The molecule has 1 atom stereocenters. The number of hydrogen-bond donors (Lipinski definition) is 1. The van der Waals surface area contributed by atoms with E-state index in [1.54, 1.807) is 36.1 Å². The van der Waals surface area contributed by atoms with Crippen LogP contribution in [0.3, 0.4) is 0 Å². The number of carboxylic acid groups (broad SMARTS) is 1. The van der Waals surface area contributed by atoms with Crippen LogP contribution < -0.4 is 4.74 Å². The van der Waals surface area contributed by atoms with E-state index in [-0.39, 0.29) is 16.6 Å². The van der Waals surface area contributed by atoms with Crippen molar-refractivity contribution in [2.24, 2.45) is 0 Å². The highest BCUT2D eigenvalue weighted by molar-refractivity contribution is 8.04. The number of ether oxygens (including phenoxy) is 1. The summed E-state index contributed by atoms with van der Waals surface area (Å²) < 4.78 is 31.2. The van der Waals surface area contributed by atoms with E-state index in [0.717, 1.165) is 5.56 Å². The van der Waals surface area contributed by atoms with Crippen molar-refractivity contribution in [2.75, 3.05) is 12.9 Å². The number of carbonyl (C=O) groups is 2. The zero-order valence-corrected chi connectivity index (χ0v) is 18.6. The molecule has 1 N–H and O–H groups in total. The van der Waals surface area contributed by atoms with Gasteiger partial charge in [0, 0.05) is 24.1 Å². The van der Waals surface area contributed by atoms with E-state index in [0.29, 0.717) is 41.3 Å². The van der Waals surface area contributed by atoms with Gasteiger partial charge in [-0.1, -0.05) is 23.9 Å². The van der Waals surface area contributed by atoms with Crippen molar-refractivity contribution in [3.63, 3.8) is 0 Å². The molecule has 2 aromatic rings. The van der Waals surface area contributed by atoms with Gasteiger partial charge in [-0.2, -0.15) is 0 Å². The summed E-state index contributed by atoms with van der Waals surface area (Å²) in [5.41, 5.74) is 1.69. The number of β-lactam (4-membered cyclic amide) rings is 1. The predicted octanol–water partition coefficient (Wildman–Crippen LogP) is 1.91. The van der Waals surface area contributed by atoms with Crippen molar-refractivity contribution in [2.45, 2.75) is 29.9 Å². The number of aryl methyl sites for hydroxylation is 1. The van der Waals surface area contributed by atoms with Gasteiger partial charge in [-0.25, -0.2) is 18.2 Å². The predicted molar refractivity (Wildman–Crippen MR) is 116 cm³/mol. The molecule has 9 nitrogen and oxygen atoms in total. The average Bonchev–Trinajstić information content (AvgIpc) is 3.33. The molecular weight excluding hydrogens is 454 g/mol. The molecule has 0 spiro atoms. The second-order valence-corrected chi connectivity index (χ2v) is 10.8. The molecule has 3 aliphatic rings. The Balaban J connectivity index is 1.42. The number of nitrogens with zero attached hydrogens (tertiary/aromatic N) is 3. The lowest BCUT2D eigenvalue weighted by molar-refractivity contribution is -0.141. The molecule has 1 fully saturated rings. The number of allylic oxidation sites excluding steroid dienone is 1. The Morgan fingerprint density at radius 3 is 2.75 bits per heavy atom. The van der Waals surface area contributed by atoms with E-state index in [1.165, 1.54) is 16.7 Å². The highest BCUT2D eigenvalue weighted by Crippen LogP contribution is 2.50. The van der Waals surface area contributed by atoms with E-state index in [1.807, 2.05) is 12.1 Å². The zero-order valence-electron chi connectivity index (χ0n) is 17.0. The number of carbonyl (C=O) groups excluding carboxylic acids is 1. The van der Waals surface area contributed by atoms with Crippen LogP contribution in [0.2, 0.25) is 0 Å². The topological polar surface area (TPSA) is 119 Å². The molecule has 11 heteroatoms. The van der Waals surface area contributed by atoms with Crippen LogP contribution in [0.15, 0.2) is 51.8 Å². The molecule has 4 heterocycles. The van der Waals surface area contributed by atoms with Gasteiger partial charge >= 0.3 is 5.97 Å². The fourth-order valence-electron chi connectivity index (χ4n) is 4.07. The van der Waals surface area contributed by atoms with E-state index >= 15 is 0 Å². The summed E-state index contributed by atoms with van der Waals surface area (Å²) in [6.45, 7) is 0.555. The fourth-order valence-corrected chi connectivity index (χ4v) is 6.92. The Morgan fingerprint density at radius 2 is 2.09 bits per heavy atom. The number of aromatic nitrogens is 2. The third-order valence-electron chi connectivity index (χ3n) is 5.60. The number of amides is 1. The summed E-state index contributed by atoms with van der Waals surface area (Å²) >= 11 is 1.32. The number of thioether (sulfide) groups is 1. The summed E-state index contributed by atoms with van der Waals surface area (Å²) in [5.74, 6) is -0.793. The molecular formula is C21H19N3O6S2. The first kappa shape index (κ1) is 20.8. The third kappa shape index (κ3) is 3.32. The van der Waals surface area contributed by atoms with Gasteiger partial charge in [-0.15, -0.1) is 0 Å². The number of hydrogen-bond acceptors (Lipinski definition) is 7. The minimum absolute atomic E-state index is 0.00956. The van der Waals surface area contributed by atoms with Crippen LogP contribution in [0, 0.1) is 0 Å². The normalized spacial score (nSPS) is 22.5. The molecule has 5 rings (SSSR count). The molecule has 0 bridgehead atoms. The number of sulfone groups is 1. The standard InChI is InChI=1S/C21H19N3O6S2/c1-30-14-5-3-12(4-6-14)9-16-17(20(26)27)24-18(25)15(19(24)31-16)10-13-11-23-7-2-8-32(28,29)21(23)22-13/h3-6,10-11,19H,2,7-9H2,1H3,(H,26,27)/t19-/m1/s1. The van der Waals surface area contributed by atoms with Gasteiger partial charge in [0.15, 0.2) is 0 Å². The summed E-state index contributed by atoms with van der Waals surface area (Å²) in [6.07, 6.45) is 4.08. The van der Waals surface area contributed by atoms with Gasteiger partial charge in [-0.3, -0.25) is 9.69 Å². The Labute approximate surface area is 188 Å². The maximum atomic E-state index is 12.8. The molecule has 166 valence electrons. The van der Waals surface area contributed by atoms with Crippen molar-refractivity contribution in [1.82, 2.24) is 14.5 Å². The number of fused-ring (bicyclic) bond motifs is 2. The number of aliphatic carboxylic acids is 1.